The minimum absolute atomic E-state index is 0.0999. The van der Waals surface area contributed by atoms with Gasteiger partial charge < -0.3 is 15.3 Å². The highest BCUT2D eigenvalue weighted by Gasteiger charge is 2.21. The van der Waals surface area contributed by atoms with Crippen LogP contribution in [0.15, 0.2) is 68.1 Å². The first kappa shape index (κ1) is 45.6. The molecule has 45 heavy (non-hydrogen) atoms. The number of phenols is 3. The van der Waals surface area contributed by atoms with Crippen molar-refractivity contribution in [1.82, 2.24) is 0 Å². The van der Waals surface area contributed by atoms with Gasteiger partial charge in [-0.15, -0.1) is 50.5 Å². The van der Waals surface area contributed by atoms with Crippen LogP contribution in [0.1, 0.15) is 132 Å². The molecular weight excluding hydrogens is 633 g/mol. The van der Waals surface area contributed by atoms with E-state index in [0.29, 0.717) is 19.6 Å². The van der Waals surface area contributed by atoms with Crippen LogP contribution in [0, 0.1) is 0 Å². The molecule has 0 saturated carbocycles. The molecule has 0 atom stereocenters. The van der Waals surface area contributed by atoms with E-state index in [0.717, 1.165) is 24.8 Å². The fourth-order valence-corrected chi connectivity index (χ4v) is 4.53. The molecule has 256 valence electrons. The lowest BCUT2D eigenvalue weighted by molar-refractivity contribution is 0.444. The van der Waals surface area contributed by atoms with Gasteiger partial charge in [0.1, 0.15) is 17.2 Å². The van der Waals surface area contributed by atoms with Crippen molar-refractivity contribution in [2.75, 3.05) is 0 Å². The molecule has 0 amide bonds. The van der Waals surface area contributed by atoms with Crippen LogP contribution in [0.2, 0.25) is 0 Å². The van der Waals surface area contributed by atoms with Gasteiger partial charge in [0.05, 0.1) is 0 Å². The van der Waals surface area contributed by atoms with Gasteiger partial charge in [-0.1, -0.05) is 109 Å². The first-order chi connectivity index (χ1) is 20.7. The Balaban J connectivity index is 0. The first-order valence-corrected chi connectivity index (χ1v) is 17.8. The molecule has 3 aromatic rings. The Bertz CT molecular complexity index is 1200. The summed E-state index contributed by atoms with van der Waals surface area (Å²) in [7, 11) is 0. The second-order valence-corrected chi connectivity index (χ2v) is 14.6. The van der Waals surface area contributed by atoms with Gasteiger partial charge in [-0.25, -0.2) is 0 Å². The van der Waals surface area contributed by atoms with E-state index >= 15 is 0 Å². The van der Waals surface area contributed by atoms with E-state index in [-0.39, 0.29) is 33.5 Å². The summed E-state index contributed by atoms with van der Waals surface area (Å²) in [5.41, 5.74) is 4.02. The van der Waals surface area contributed by atoms with E-state index in [4.69, 9.17) is 0 Å². The number of phenolic OH excluding ortho intramolecular Hbond substituents is 3. The zero-order valence-electron chi connectivity index (χ0n) is 30.1. The molecular formula is C38H62O3S4. The van der Waals surface area contributed by atoms with E-state index in [9.17, 15) is 15.3 Å². The Hall–Kier alpha value is -1.54. The van der Waals surface area contributed by atoms with Crippen LogP contribution in [-0.4, -0.2) is 15.3 Å². The second kappa shape index (κ2) is 21.4. The zero-order valence-corrected chi connectivity index (χ0v) is 33.7. The maximum atomic E-state index is 9.52. The summed E-state index contributed by atoms with van der Waals surface area (Å²) in [5.74, 6) is 0.658. The smallest absolute Gasteiger partial charge is 0.142 e. The largest absolute Gasteiger partial charge is 0.507 e. The summed E-state index contributed by atoms with van der Waals surface area (Å²) in [6.07, 6.45) is 4.44. The van der Waals surface area contributed by atoms with Gasteiger partial charge in [0.25, 0.3) is 0 Å². The molecule has 0 spiro atoms. The molecule has 3 N–H and O–H groups in total. The molecule has 7 heteroatoms. The lowest BCUT2D eigenvalue weighted by Gasteiger charge is -2.24. The minimum atomic E-state index is 0.0999. The molecule has 0 radical (unpaired) electrons. The van der Waals surface area contributed by atoms with E-state index in [1.165, 1.54) is 17.5 Å². The fourth-order valence-electron chi connectivity index (χ4n) is 3.50. The number of benzene rings is 3. The highest BCUT2D eigenvalue weighted by Crippen LogP contribution is 2.36. The van der Waals surface area contributed by atoms with E-state index in [1.54, 1.807) is 12.1 Å². The number of thiol groups is 4. The molecule has 0 aromatic heterocycles. The van der Waals surface area contributed by atoms with Crippen molar-refractivity contribution >= 4 is 50.5 Å². The topological polar surface area (TPSA) is 60.7 Å². The average Bonchev–Trinajstić information content (AvgIpc) is 3.00. The van der Waals surface area contributed by atoms with Crippen LogP contribution in [-0.2, 0) is 16.2 Å². The quantitative estimate of drug-likeness (QED) is 0.131. The lowest BCUT2D eigenvalue weighted by atomic mass is 9.82. The third kappa shape index (κ3) is 15.3. The molecule has 3 rings (SSSR count). The SMILES string of the molecule is CC.CCC.CCC(C)(C)c1cc(S)c(O)c(S)c1.CCC(C)(C)c1ccc(O)c(S)c1.CCC(C)(C)c1ccc(O)c(S)c1. The zero-order chi connectivity index (χ0) is 35.8. The number of aromatic hydroxyl groups is 3. The van der Waals surface area contributed by atoms with Crippen LogP contribution in [0.25, 0.3) is 0 Å². The van der Waals surface area contributed by atoms with Crippen LogP contribution in [0.3, 0.4) is 0 Å². The summed E-state index contributed by atoms with van der Waals surface area (Å²) in [5, 5.41) is 28.1. The van der Waals surface area contributed by atoms with E-state index in [1.807, 2.05) is 50.2 Å². The second-order valence-electron chi connectivity index (χ2n) is 12.7. The Labute approximate surface area is 298 Å². The normalized spacial score (nSPS) is 11.0. The molecule has 0 unspecified atom stereocenters. The maximum absolute atomic E-state index is 9.52. The standard InChI is InChI=1S/C11H16OS2.2C11H16OS.C3H8.C2H6/c1-4-11(2,3)7-5-8(13)10(12)9(14)6-7;2*1-4-11(2,3)8-5-6-9(12)10(13)7-8;1-3-2;1-2/h5-6,12-14H,4H2,1-3H3;2*5-7,12-13H,4H2,1-3H3;3H2,1-2H3;1-2H3. The first-order valence-electron chi connectivity index (χ1n) is 16.0. The van der Waals surface area contributed by atoms with E-state index < -0.39 is 0 Å². The molecule has 0 fully saturated rings. The van der Waals surface area contributed by atoms with Gasteiger partial charge in [0.2, 0.25) is 0 Å². The number of hydrogen-bond donors (Lipinski definition) is 7. The minimum Gasteiger partial charge on any atom is -0.507 e. The van der Waals surface area contributed by atoms with Crippen molar-refractivity contribution < 1.29 is 15.3 Å². The maximum Gasteiger partial charge on any atom is 0.142 e. The molecule has 0 heterocycles. The van der Waals surface area contributed by atoms with Gasteiger partial charge in [0.15, 0.2) is 0 Å². The predicted molar refractivity (Wildman–Crippen MR) is 211 cm³/mol. The predicted octanol–water partition coefficient (Wildman–Crippen LogP) is 12.8. The van der Waals surface area contributed by atoms with Gasteiger partial charge >= 0.3 is 0 Å². The van der Waals surface area contributed by atoms with Crippen LogP contribution in [0.4, 0.5) is 0 Å². The van der Waals surface area contributed by atoms with Crippen LogP contribution >= 0.6 is 50.5 Å². The van der Waals surface area contributed by atoms with Crippen LogP contribution < -0.4 is 0 Å². The summed E-state index contributed by atoms with van der Waals surface area (Å²) in [6, 6.07) is 15.0. The number of hydrogen-bond acceptors (Lipinski definition) is 7. The summed E-state index contributed by atoms with van der Waals surface area (Å²) < 4.78 is 0. The highest BCUT2D eigenvalue weighted by molar-refractivity contribution is 7.81. The van der Waals surface area contributed by atoms with E-state index in [2.05, 4.69) is 127 Å². The van der Waals surface area contributed by atoms with Gasteiger partial charge in [0, 0.05) is 19.6 Å². The Kier molecular flexibility index (Phi) is 21.6. The average molecular weight is 695 g/mol. The Morgan fingerprint density at radius 3 is 0.956 bits per heavy atom. The van der Waals surface area contributed by atoms with Crippen molar-refractivity contribution in [2.45, 2.75) is 152 Å². The Morgan fingerprint density at radius 2 is 0.711 bits per heavy atom. The molecule has 0 saturated heterocycles. The third-order valence-corrected chi connectivity index (χ3v) is 9.41. The van der Waals surface area contributed by atoms with Crippen molar-refractivity contribution in [1.29, 1.82) is 0 Å². The highest BCUT2D eigenvalue weighted by atomic mass is 32.1. The van der Waals surface area contributed by atoms with Gasteiger partial charge in [-0.05, 0) is 88.6 Å². The van der Waals surface area contributed by atoms with Crippen LogP contribution in [0.5, 0.6) is 17.2 Å². The van der Waals surface area contributed by atoms with Gasteiger partial charge in [-0.3, -0.25) is 0 Å². The van der Waals surface area contributed by atoms with Crippen molar-refractivity contribution in [2.24, 2.45) is 0 Å². The molecule has 0 aliphatic carbocycles. The summed E-state index contributed by atoms with van der Waals surface area (Å²) in [4.78, 5) is 2.49. The molecule has 0 bridgehead atoms. The molecule has 3 nitrogen and oxygen atoms in total. The molecule has 3 aromatic carbocycles. The van der Waals surface area contributed by atoms with Crippen molar-refractivity contribution in [3.8, 4) is 17.2 Å². The Morgan fingerprint density at radius 1 is 0.467 bits per heavy atom. The fraction of sp³-hybridized carbons (Fsp3) is 0.526. The van der Waals surface area contributed by atoms with Crippen molar-refractivity contribution in [3.63, 3.8) is 0 Å². The lowest BCUT2D eigenvalue weighted by Crippen LogP contribution is -2.15. The number of rotatable bonds is 6. The van der Waals surface area contributed by atoms with Gasteiger partial charge in [-0.2, -0.15) is 0 Å². The molecule has 0 aliphatic rings. The summed E-state index contributed by atoms with van der Waals surface area (Å²) in [6.45, 7) is 27.8. The molecule has 0 aliphatic heterocycles. The van der Waals surface area contributed by atoms with Crippen molar-refractivity contribution in [3.05, 3.63) is 65.2 Å². The summed E-state index contributed by atoms with van der Waals surface area (Å²) >= 11 is 16.8. The monoisotopic (exact) mass is 694 g/mol. The third-order valence-electron chi connectivity index (χ3n) is 8.02.